The predicted molar refractivity (Wildman–Crippen MR) is 67.9 cm³/mol. The van der Waals surface area contributed by atoms with Gasteiger partial charge in [-0.3, -0.25) is 0 Å². The molecule has 1 aromatic heterocycles. The lowest BCUT2D eigenvalue weighted by molar-refractivity contribution is -0.00625. The molecule has 0 bridgehead atoms. The van der Waals surface area contributed by atoms with Gasteiger partial charge in [0.1, 0.15) is 11.4 Å². The van der Waals surface area contributed by atoms with Crippen molar-refractivity contribution in [3.05, 3.63) is 22.3 Å². The predicted octanol–water partition coefficient (Wildman–Crippen LogP) is 2.61. The zero-order chi connectivity index (χ0) is 12.3. The Bertz CT molecular complexity index is 395. The molecule has 1 saturated heterocycles. The first kappa shape index (κ1) is 12.9. The zero-order valence-electron chi connectivity index (χ0n) is 9.50. The normalized spacial score (nSPS) is 23.9. The van der Waals surface area contributed by atoms with Crippen molar-refractivity contribution in [3.8, 4) is 0 Å². The molecular formula is C11H14Cl2N2O2. The topological polar surface area (TPSA) is 43.4 Å². The minimum absolute atomic E-state index is 0.287. The number of hydrogen-bond acceptors (Lipinski definition) is 4. The summed E-state index contributed by atoms with van der Waals surface area (Å²) >= 11 is 11.8. The number of nitrogens with zero attached hydrogens (tertiary/aromatic N) is 1. The smallest absolute Gasteiger partial charge is 0.144 e. The lowest BCUT2D eigenvalue weighted by Crippen LogP contribution is -2.39. The van der Waals surface area contributed by atoms with Crippen LogP contribution in [0.15, 0.2) is 12.3 Å². The van der Waals surface area contributed by atoms with E-state index in [0.717, 1.165) is 13.0 Å². The van der Waals surface area contributed by atoms with Crippen molar-refractivity contribution in [3.63, 3.8) is 0 Å². The van der Waals surface area contributed by atoms with Crippen LogP contribution in [-0.4, -0.2) is 37.5 Å². The van der Waals surface area contributed by atoms with Gasteiger partial charge in [-0.25, -0.2) is 4.98 Å². The van der Waals surface area contributed by atoms with E-state index in [0.29, 0.717) is 29.0 Å². The van der Waals surface area contributed by atoms with Crippen LogP contribution in [0.25, 0.3) is 0 Å². The first-order valence-electron chi connectivity index (χ1n) is 5.33. The molecule has 94 valence electrons. The fraction of sp³-hybridized carbons (Fsp3) is 0.545. The quantitative estimate of drug-likeness (QED) is 0.918. The van der Waals surface area contributed by atoms with Crippen molar-refractivity contribution in [2.75, 3.05) is 32.2 Å². The number of anilines is 1. The standard InChI is InChI=1S/C11H14Cl2N2O2/c1-16-11(2-3-17-7-11)6-15-10-9(13)4-8(12)5-14-10/h4-5H,2-3,6-7H2,1H3,(H,14,15). The lowest BCUT2D eigenvalue weighted by Gasteiger charge is -2.26. The van der Waals surface area contributed by atoms with Gasteiger partial charge in [-0.05, 0) is 6.07 Å². The van der Waals surface area contributed by atoms with Crippen LogP contribution in [0, 0.1) is 0 Å². The van der Waals surface area contributed by atoms with Crippen molar-refractivity contribution < 1.29 is 9.47 Å². The molecule has 1 fully saturated rings. The van der Waals surface area contributed by atoms with E-state index in [1.54, 1.807) is 19.4 Å². The largest absolute Gasteiger partial charge is 0.378 e. The summed E-state index contributed by atoms with van der Waals surface area (Å²) in [6.07, 6.45) is 2.42. The van der Waals surface area contributed by atoms with E-state index >= 15 is 0 Å². The Balaban J connectivity index is 2.01. The van der Waals surface area contributed by atoms with Gasteiger partial charge in [0.2, 0.25) is 0 Å². The Morgan fingerprint density at radius 3 is 3.00 bits per heavy atom. The molecule has 0 spiro atoms. The van der Waals surface area contributed by atoms with Crippen molar-refractivity contribution in [2.45, 2.75) is 12.0 Å². The Morgan fingerprint density at radius 2 is 2.41 bits per heavy atom. The second-order valence-corrected chi connectivity index (χ2v) is 4.87. The van der Waals surface area contributed by atoms with Crippen LogP contribution < -0.4 is 5.32 Å². The number of methoxy groups -OCH3 is 1. The summed E-state index contributed by atoms with van der Waals surface area (Å²) in [5.74, 6) is 0.611. The molecule has 1 aromatic rings. The fourth-order valence-electron chi connectivity index (χ4n) is 1.75. The van der Waals surface area contributed by atoms with E-state index < -0.39 is 0 Å². The summed E-state index contributed by atoms with van der Waals surface area (Å²) in [5, 5.41) is 4.19. The molecule has 2 heterocycles. The number of halogens is 2. The lowest BCUT2D eigenvalue weighted by atomic mass is 10.0. The molecule has 1 unspecified atom stereocenters. The maximum absolute atomic E-state index is 6.02. The molecule has 4 nitrogen and oxygen atoms in total. The number of aromatic nitrogens is 1. The summed E-state index contributed by atoms with van der Waals surface area (Å²) in [7, 11) is 1.69. The average molecular weight is 277 g/mol. The van der Waals surface area contributed by atoms with Gasteiger partial charge in [0.15, 0.2) is 0 Å². The minimum Gasteiger partial charge on any atom is -0.378 e. The van der Waals surface area contributed by atoms with Crippen molar-refractivity contribution in [1.82, 2.24) is 4.98 Å². The highest BCUT2D eigenvalue weighted by Gasteiger charge is 2.34. The van der Waals surface area contributed by atoms with Crippen molar-refractivity contribution >= 4 is 29.0 Å². The maximum Gasteiger partial charge on any atom is 0.144 e. The van der Waals surface area contributed by atoms with Gasteiger partial charge in [-0.15, -0.1) is 0 Å². The fourth-order valence-corrected chi connectivity index (χ4v) is 2.20. The molecule has 1 aliphatic rings. The van der Waals surface area contributed by atoms with Gasteiger partial charge >= 0.3 is 0 Å². The number of pyridine rings is 1. The van der Waals surface area contributed by atoms with E-state index in [2.05, 4.69) is 10.3 Å². The van der Waals surface area contributed by atoms with Crippen molar-refractivity contribution in [2.24, 2.45) is 0 Å². The van der Waals surface area contributed by atoms with E-state index in [1.165, 1.54) is 0 Å². The number of rotatable bonds is 4. The summed E-state index contributed by atoms with van der Waals surface area (Å²) in [6, 6.07) is 1.66. The van der Waals surface area contributed by atoms with Crippen LogP contribution in [0.5, 0.6) is 0 Å². The van der Waals surface area contributed by atoms with E-state index in [9.17, 15) is 0 Å². The summed E-state index contributed by atoms with van der Waals surface area (Å²) < 4.78 is 10.8. The first-order chi connectivity index (χ1) is 8.15. The molecular weight excluding hydrogens is 263 g/mol. The van der Waals surface area contributed by atoms with Gasteiger partial charge in [0.25, 0.3) is 0 Å². The monoisotopic (exact) mass is 276 g/mol. The Hall–Kier alpha value is -0.550. The first-order valence-corrected chi connectivity index (χ1v) is 6.09. The molecule has 1 N–H and O–H groups in total. The summed E-state index contributed by atoms with van der Waals surface area (Å²) in [4.78, 5) is 4.13. The second kappa shape index (κ2) is 5.40. The Kier molecular flexibility index (Phi) is 4.09. The number of hydrogen-bond donors (Lipinski definition) is 1. The molecule has 0 aromatic carbocycles. The molecule has 2 rings (SSSR count). The third-order valence-corrected chi connectivity index (χ3v) is 3.38. The van der Waals surface area contributed by atoms with E-state index in [4.69, 9.17) is 32.7 Å². The van der Waals surface area contributed by atoms with Crippen LogP contribution in [0.4, 0.5) is 5.82 Å². The highest BCUT2D eigenvalue weighted by molar-refractivity contribution is 6.35. The highest BCUT2D eigenvalue weighted by atomic mass is 35.5. The van der Waals surface area contributed by atoms with Crippen LogP contribution in [0.1, 0.15) is 6.42 Å². The summed E-state index contributed by atoms with van der Waals surface area (Å²) in [5.41, 5.74) is -0.287. The number of nitrogens with one attached hydrogen (secondary N) is 1. The SMILES string of the molecule is COC1(CNc2ncc(Cl)cc2Cl)CCOC1. The average Bonchev–Trinajstić information content (AvgIpc) is 2.77. The van der Waals surface area contributed by atoms with Gasteiger partial charge in [-0.2, -0.15) is 0 Å². The molecule has 0 amide bonds. The van der Waals surface area contributed by atoms with Crippen LogP contribution in [-0.2, 0) is 9.47 Å². The maximum atomic E-state index is 6.02. The second-order valence-electron chi connectivity index (χ2n) is 4.03. The van der Waals surface area contributed by atoms with Crippen LogP contribution in [0.2, 0.25) is 10.0 Å². The molecule has 6 heteroatoms. The minimum atomic E-state index is -0.287. The van der Waals surface area contributed by atoms with Gasteiger partial charge in [-0.1, -0.05) is 23.2 Å². The van der Waals surface area contributed by atoms with Crippen LogP contribution >= 0.6 is 23.2 Å². The van der Waals surface area contributed by atoms with Gasteiger partial charge in [0.05, 0.1) is 16.7 Å². The van der Waals surface area contributed by atoms with Gasteiger partial charge < -0.3 is 14.8 Å². The third kappa shape index (κ3) is 3.01. The molecule has 1 atom stereocenters. The molecule has 0 saturated carbocycles. The Labute approximate surface area is 110 Å². The zero-order valence-corrected chi connectivity index (χ0v) is 11.0. The highest BCUT2D eigenvalue weighted by Crippen LogP contribution is 2.26. The van der Waals surface area contributed by atoms with E-state index in [-0.39, 0.29) is 5.60 Å². The third-order valence-electron chi connectivity index (χ3n) is 2.89. The molecule has 0 aliphatic carbocycles. The molecule has 0 radical (unpaired) electrons. The molecule has 17 heavy (non-hydrogen) atoms. The Morgan fingerprint density at radius 1 is 1.59 bits per heavy atom. The summed E-state index contributed by atoms with van der Waals surface area (Å²) in [6.45, 7) is 1.91. The van der Waals surface area contributed by atoms with Crippen molar-refractivity contribution in [1.29, 1.82) is 0 Å². The van der Waals surface area contributed by atoms with E-state index in [1.807, 2.05) is 0 Å². The number of ether oxygens (including phenoxy) is 2. The van der Waals surface area contributed by atoms with Gasteiger partial charge in [0, 0.05) is 32.9 Å². The molecule has 1 aliphatic heterocycles. The van der Waals surface area contributed by atoms with Crippen LogP contribution in [0.3, 0.4) is 0 Å².